The van der Waals surface area contributed by atoms with Gasteiger partial charge in [-0.3, -0.25) is 4.79 Å². The monoisotopic (exact) mass is 777 g/mol. The largest absolute Gasteiger partial charge is 0.490 e. The minimum atomic E-state index is -0.773. The molecule has 2 aliphatic rings. The van der Waals surface area contributed by atoms with Crippen LogP contribution >= 0.6 is 47.1 Å². The number of halogens is 2. The Hall–Kier alpha value is -4.37. The zero-order chi connectivity index (χ0) is 35.7. The van der Waals surface area contributed by atoms with Crippen LogP contribution in [0.1, 0.15) is 49.4 Å². The fraction of sp³-hybridized carbons (Fsp3) is 0.351. The molecular formula is C37H37Cl2N7O4S2. The number of nitrogens with one attached hydrogen (secondary N) is 2. The summed E-state index contributed by atoms with van der Waals surface area (Å²) in [5.74, 6) is 0.868. The molecule has 2 N–H and O–H groups in total. The lowest BCUT2D eigenvalue weighted by Gasteiger charge is -2.22. The second-order valence-electron chi connectivity index (χ2n) is 12.1. The van der Waals surface area contributed by atoms with Crippen LogP contribution in [-0.4, -0.2) is 66.8 Å². The van der Waals surface area contributed by atoms with Gasteiger partial charge in [-0.2, -0.15) is 10.5 Å². The number of ether oxygens (including phenoxy) is 2. The maximum Gasteiger partial charge on any atom is 0.328 e. The Kier molecular flexibility index (Phi) is 13.8. The van der Waals surface area contributed by atoms with E-state index in [9.17, 15) is 20.1 Å². The Labute approximate surface area is 322 Å². The van der Waals surface area contributed by atoms with Gasteiger partial charge in [0.15, 0.2) is 0 Å². The van der Waals surface area contributed by atoms with Gasteiger partial charge in [0.25, 0.3) is 0 Å². The quantitative estimate of drug-likeness (QED) is 0.0841. The predicted molar refractivity (Wildman–Crippen MR) is 205 cm³/mol. The number of pyridine rings is 1. The van der Waals surface area contributed by atoms with E-state index in [1.165, 1.54) is 11.8 Å². The fourth-order valence-electron chi connectivity index (χ4n) is 5.98. The highest BCUT2D eigenvalue weighted by Gasteiger charge is 2.27. The van der Waals surface area contributed by atoms with Crippen molar-refractivity contribution >= 4 is 64.8 Å². The van der Waals surface area contributed by atoms with Gasteiger partial charge >= 0.3 is 5.97 Å². The highest BCUT2D eigenvalue weighted by molar-refractivity contribution is 7.98. The Bertz CT molecular complexity index is 1950. The van der Waals surface area contributed by atoms with Gasteiger partial charge in [-0.25, -0.2) is 14.8 Å². The van der Waals surface area contributed by atoms with Crippen molar-refractivity contribution in [3.05, 3.63) is 75.8 Å². The van der Waals surface area contributed by atoms with E-state index in [0.717, 1.165) is 61.6 Å². The molecule has 0 radical (unpaired) electrons. The minimum absolute atomic E-state index is 0. The zero-order valence-electron chi connectivity index (χ0n) is 28.4. The fourth-order valence-corrected chi connectivity index (χ4v) is 7.91. The minimum Gasteiger partial charge on any atom is -0.490 e. The van der Waals surface area contributed by atoms with E-state index >= 15 is 0 Å². The molecule has 1 amide bonds. The number of hydrogen-bond acceptors (Lipinski definition) is 12. The molecule has 0 spiro atoms. The molecule has 0 saturated carbocycles. The number of thiazole rings is 1. The van der Waals surface area contributed by atoms with Gasteiger partial charge in [0, 0.05) is 40.4 Å². The van der Waals surface area contributed by atoms with Crippen molar-refractivity contribution < 1.29 is 19.1 Å². The molecule has 270 valence electrons. The van der Waals surface area contributed by atoms with Crippen LogP contribution in [0.5, 0.6) is 5.75 Å². The van der Waals surface area contributed by atoms with E-state index in [1.54, 1.807) is 30.4 Å². The van der Waals surface area contributed by atoms with Gasteiger partial charge in [-0.1, -0.05) is 47.6 Å². The SMILES string of the molecule is C[C@H](NC(=O)[C@@H]1CCCN1)C(=O)OCCOc1ccc(-c2c(C#N)c(SCc3csc(-c4ccc(Cl)cc4)n3)nc(N3CCCC3)c2C#N)cc1.Cl. The molecule has 11 nitrogen and oxygen atoms in total. The van der Waals surface area contributed by atoms with Crippen LogP contribution in [0.25, 0.3) is 21.7 Å². The summed E-state index contributed by atoms with van der Waals surface area (Å²) < 4.78 is 11.1. The Morgan fingerprint density at radius 2 is 1.75 bits per heavy atom. The molecule has 4 heterocycles. The number of rotatable bonds is 13. The van der Waals surface area contributed by atoms with E-state index < -0.39 is 12.0 Å². The lowest BCUT2D eigenvalue weighted by atomic mass is 9.96. The van der Waals surface area contributed by atoms with Crippen molar-refractivity contribution in [1.82, 2.24) is 20.6 Å². The number of anilines is 1. The second kappa shape index (κ2) is 18.4. The number of nitrogens with zero attached hydrogens (tertiary/aromatic N) is 5. The molecule has 6 rings (SSSR count). The molecule has 0 aliphatic carbocycles. The maximum atomic E-state index is 12.4. The molecule has 52 heavy (non-hydrogen) atoms. The average Bonchev–Trinajstić information content (AvgIpc) is 3.97. The molecule has 0 bridgehead atoms. The molecule has 0 unspecified atom stereocenters. The number of thioether (sulfide) groups is 1. The lowest BCUT2D eigenvalue weighted by molar-refractivity contribution is -0.148. The molecule has 2 atom stereocenters. The van der Waals surface area contributed by atoms with Crippen LogP contribution in [-0.2, 0) is 20.1 Å². The van der Waals surface area contributed by atoms with Crippen molar-refractivity contribution in [2.75, 3.05) is 37.7 Å². The van der Waals surface area contributed by atoms with Crippen molar-refractivity contribution in [3.63, 3.8) is 0 Å². The average molecular weight is 779 g/mol. The highest BCUT2D eigenvalue weighted by Crippen LogP contribution is 2.40. The van der Waals surface area contributed by atoms with Crippen molar-refractivity contribution in [1.29, 1.82) is 10.5 Å². The van der Waals surface area contributed by atoms with E-state index in [2.05, 4.69) is 27.7 Å². The van der Waals surface area contributed by atoms with E-state index in [1.807, 2.05) is 41.8 Å². The summed E-state index contributed by atoms with van der Waals surface area (Å²) in [5.41, 5.74) is 3.76. The van der Waals surface area contributed by atoms with Gasteiger partial charge in [0.2, 0.25) is 5.91 Å². The smallest absolute Gasteiger partial charge is 0.328 e. The second-order valence-corrected chi connectivity index (χ2v) is 14.4. The molecule has 2 aliphatic heterocycles. The van der Waals surface area contributed by atoms with Crippen LogP contribution in [0.2, 0.25) is 5.02 Å². The van der Waals surface area contributed by atoms with E-state index in [4.69, 9.17) is 31.0 Å². The normalized spacial score (nSPS) is 15.6. The van der Waals surface area contributed by atoms with Crippen LogP contribution in [0, 0.1) is 22.7 Å². The summed E-state index contributed by atoms with van der Waals surface area (Å²) in [5, 5.41) is 30.8. The van der Waals surface area contributed by atoms with Crippen LogP contribution < -0.4 is 20.3 Å². The first kappa shape index (κ1) is 38.9. The summed E-state index contributed by atoms with van der Waals surface area (Å²) in [6.07, 6.45) is 3.68. The third-order valence-corrected chi connectivity index (χ3v) is 10.8. The molecule has 2 fully saturated rings. The number of esters is 1. The van der Waals surface area contributed by atoms with Gasteiger partial charge < -0.3 is 25.0 Å². The molecule has 4 aromatic rings. The Morgan fingerprint density at radius 1 is 1.04 bits per heavy atom. The molecular weight excluding hydrogens is 741 g/mol. The summed E-state index contributed by atoms with van der Waals surface area (Å²) in [6.45, 7) is 4.06. The van der Waals surface area contributed by atoms with Crippen LogP contribution in [0.4, 0.5) is 5.82 Å². The summed E-state index contributed by atoms with van der Waals surface area (Å²) in [6, 6.07) is 18.3. The third kappa shape index (κ3) is 9.34. The van der Waals surface area contributed by atoms with Gasteiger partial charge in [0.05, 0.1) is 17.3 Å². The molecule has 2 aromatic carbocycles. The maximum absolute atomic E-state index is 12.4. The number of nitriles is 2. The first-order valence-electron chi connectivity index (χ1n) is 16.7. The van der Waals surface area contributed by atoms with Crippen LogP contribution in [0.3, 0.4) is 0 Å². The topological polar surface area (TPSA) is 153 Å². The number of benzene rings is 2. The van der Waals surface area contributed by atoms with E-state index in [0.29, 0.717) is 49.6 Å². The number of carbonyl (C=O) groups excluding carboxylic acids is 2. The number of carbonyl (C=O) groups is 2. The highest BCUT2D eigenvalue weighted by atomic mass is 35.5. The summed E-state index contributed by atoms with van der Waals surface area (Å²) in [4.78, 5) is 36.5. The van der Waals surface area contributed by atoms with Gasteiger partial charge in [-0.05, 0) is 69.0 Å². The predicted octanol–water partition coefficient (Wildman–Crippen LogP) is 6.76. The number of aromatic nitrogens is 2. The Balaban J connectivity index is 0.00000523. The summed E-state index contributed by atoms with van der Waals surface area (Å²) in [7, 11) is 0. The van der Waals surface area contributed by atoms with Gasteiger partial charge in [0.1, 0.15) is 58.6 Å². The first-order valence-corrected chi connectivity index (χ1v) is 19.0. The molecule has 2 aromatic heterocycles. The first-order chi connectivity index (χ1) is 24.8. The zero-order valence-corrected chi connectivity index (χ0v) is 31.6. The molecule has 15 heteroatoms. The van der Waals surface area contributed by atoms with Gasteiger partial charge in [-0.15, -0.1) is 23.7 Å². The standard InChI is InChI=1S/C37H36ClN7O4S2.ClH/c1-23(42-34(46)31-5-4-14-41-31)37(47)49-18-17-48-28-12-8-24(9-13-28)32-29(19-39)33(45-15-2-3-16-45)44-36(30(32)20-40)51-22-27-21-50-35(43-27)25-6-10-26(38)11-7-25;/h6-13,21,23,31,41H,2-5,14-18,22H2,1H3,(H,42,46);1H/t23-,31-;/m0./s1. The lowest BCUT2D eigenvalue weighted by Crippen LogP contribution is -2.47. The molecule has 2 saturated heterocycles. The van der Waals surface area contributed by atoms with Crippen molar-refractivity contribution in [2.24, 2.45) is 0 Å². The van der Waals surface area contributed by atoms with Crippen molar-refractivity contribution in [3.8, 4) is 39.6 Å². The third-order valence-electron chi connectivity index (χ3n) is 8.60. The Morgan fingerprint density at radius 3 is 2.42 bits per heavy atom. The number of amides is 1. The van der Waals surface area contributed by atoms with Crippen LogP contribution in [0.15, 0.2) is 58.9 Å². The summed E-state index contributed by atoms with van der Waals surface area (Å²) >= 11 is 9.03. The van der Waals surface area contributed by atoms with Crippen molar-refractivity contribution in [2.45, 2.75) is 55.5 Å². The van der Waals surface area contributed by atoms with E-state index in [-0.39, 0.29) is 37.6 Å². The number of hydrogen-bond donors (Lipinski definition) is 2.